The summed E-state index contributed by atoms with van der Waals surface area (Å²) in [5, 5.41) is 0.769. The summed E-state index contributed by atoms with van der Waals surface area (Å²) in [4.78, 5) is 16.9. The van der Waals surface area contributed by atoms with Crippen LogP contribution < -0.4 is 0 Å². The molecule has 0 N–H and O–H groups in total. The molecule has 1 aliphatic heterocycles. The first-order valence-electron chi connectivity index (χ1n) is 7.64. The van der Waals surface area contributed by atoms with E-state index in [0.717, 1.165) is 47.8 Å². The quantitative estimate of drug-likeness (QED) is 0.785. The molecule has 0 spiro atoms. The maximum Gasteiger partial charge on any atom is 0.255 e. The van der Waals surface area contributed by atoms with Crippen LogP contribution in [0.15, 0.2) is 53.0 Å². The average molecular weight is 394 g/mol. The molecule has 1 fully saturated rings. The number of nitrogens with zero attached hydrogens (tertiary/aromatic N) is 2. The summed E-state index contributed by atoms with van der Waals surface area (Å²) in [7, 11) is 0. The highest BCUT2D eigenvalue weighted by atomic mass is 79.9. The van der Waals surface area contributed by atoms with E-state index >= 15 is 0 Å². The zero-order valence-corrected chi connectivity index (χ0v) is 15.1. The minimum atomic E-state index is 0.0971. The third-order valence-electron chi connectivity index (χ3n) is 4.06. The van der Waals surface area contributed by atoms with Gasteiger partial charge >= 0.3 is 0 Å². The van der Waals surface area contributed by atoms with E-state index in [9.17, 15) is 4.79 Å². The fourth-order valence-corrected chi connectivity index (χ4v) is 3.47. The Morgan fingerprint density at radius 2 is 1.78 bits per heavy atom. The van der Waals surface area contributed by atoms with Crippen molar-refractivity contribution in [3.05, 3.63) is 69.2 Å². The summed E-state index contributed by atoms with van der Waals surface area (Å²) >= 11 is 9.49. The zero-order chi connectivity index (χ0) is 16.2. The average Bonchev–Trinajstić information content (AvgIpc) is 2.55. The Morgan fingerprint density at radius 1 is 1.04 bits per heavy atom. The highest BCUT2D eigenvalue weighted by molar-refractivity contribution is 9.10. The summed E-state index contributed by atoms with van der Waals surface area (Å²) in [6, 6.07) is 15.5. The van der Waals surface area contributed by atoms with Crippen molar-refractivity contribution in [2.75, 3.05) is 26.2 Å². The van der Waals surface area contributed by atoms with E-state index < -0.39 is 0 Å². The van der Waals surface area contributed by atoms with Crippen LogP contribution in [-0.2, 0) is 6.54 Å². The molecule has 0 unspecified atom stereocenters. The van der Waals surface area contributed by atoms with Crippen molar-refractivity contribution in [1.29, 1.82) is 0 Å². The van der Waals surface area contributed by atoms with E-state index in [1.165, 1.54) is 5.56 Å². The van der Waals surface area contributed by atoms with Crippen LogP contribution in [0.2, 0.25) is 5.02 Å². The fraction of sp³-hybridized carbons (Fsp3) is 0.278. The van der Waals surface area contributed by atoms with Crippen LogP contribution in [0.3, 0.4) is 0 Å². The van der Waals surface area contributed by atoms with Crippen LogP contribution in [-0.4, -0.2) is 41.9 Å². The Kier molecular flexibility index (Phi) is 5.36. The molecule has 0 aliphatic carbocycles. The predicted octanol–water partition coefficient (Wildman–Crippen LogP) is 4.06. The van der Waals surface area contributed by atoms with E-state index in [2.05, 4.69) is 26.9 Å². The molecule has 3 rings (SSSR count). The summed E-state index contributed by atoms with van der Waals surface area (Å²) in [5.41, 5.74) is 1.94. The molecule has 0 atom stereocenters. The topological polar surface area (TPSA) is 23.6 Å². The van der Waals surface area contributed by atoms with Gasteiger partial charge in [0.25, 0.3) is 5.91 Å². The number of halogens is 2. The summed E-state index contributed by atoms with van der Waals surface area (Å²) in [6.45, 7) is 4.13. The second-order valence-electron chi connectivity index (χ2n) is 5.68. The Balaban J connectivity index is 1.58. The molecule has 1 amide bonds. The number of hydrogen-bond acceptors (Lipinski definition) is 2. The molecular formula is C18H18BrClN2O. The van der Waals surface area contributed by atoms with Gasteiger partial charge in [-0.1, -0.05) is 35.9 Å². The van der Waals surface area contributed by atoms with Crippen molar-refractivity contribution in [3.63, 3.8) is 0 Å². The van der Waals surface area contributed by atoms with Gasteiger partial charge in [0.15, 0.2) is 0 Å². The molecule has 3 nitrogen and oxygen atoms in total. The zero-order valence-electron chi connectivity index (χ0n) is 12.7. The van der Waals surface area contributed by atoms with Crippen LogP contribution >= 0.6 is 27.5 Å². The Labute approximate surface area is 150 Å². The van der Waals surface area contributed by atoms with Gasteiger partial charge in [-0.25, -0.2) is 0 Å². The van der Waals surface area contributed by atoms with Crippen LogP contribution in [0, 0.1) is 0 Å². The Bertz CT molecular complexity index is 699. The Morgan fingerprint density at radius 3 is 2.48 bits per heavy atom. The van der Waals surface area contributed by atoms with Gasteiger partial charge < -0.3 is 4.90 Å². The van der Waals surface area contributed by atoms with Crippen molar-refractivity contribution < 1.29 is 4.79 Å². The van der Waals surface area contributed by atoms with Gasteiger partial charge in [0.1, 0.15) is 0 Å². The number of rotatable bonds is 3. The molecule has 0 bridgehead atoms. The SMILES string of the molecule is O=C(c1ccccc1Br)N1CCN(Cc2cccc(Cl)c2)CC1. The normalized spacial score (nSPS) is 15.7. The molecule has 1 aliphatic rings. The maximum atomic E-state index is 12.6. The number of carbonyl (C=O) groups is 1. The van der Waals surface area contributed by atoms with Crippen molar-refractivity contribution in [2.45, 2.75) is 6.54 Å². The van der Waals surface area contributed by atoms with Crippen molar-refractivity contribution in [1.82, 2.24) is 9.80 Å². The molecule has 0 saturated carbocycles. The minimum absolute atomic E-state index is 0.0971. The minimum Gasteiger partial charge on any atom is -0.336 e. The monoisotopic (exact) mass is 392 g/mol. The third kappa shape index (κ3) is 4.14. The lowest BCUT2D eigenvalue weighted by Crippen LogP contribution is -2.48. The fourth-order valence-electron chi connectivity index (χ4n) is 2.81. The van der Waals surface area contributed by atoms with Crippen LogP contribution in [0.5, 0.6) is 0 Å². The molecule has 0 radical (unpaired) electrons. The number of benzene rings is 2. The molecule has 5 heteroatoms. The van der Waals surface area contributed by atoms with Gasteiger partial charge in [-0.2, -0.15) is 0 Å². The second-order valence-corrected chi connectivity index (χ2v) is 6.97. The van der Waals surface area contributed by atoms with E-state index in [0.29, 0.717) is 0 Å². The lowest BCUT2D eigenvalue weighted by molar-refractivity contribution is 0.0627. The third-order valence-corrected chi connectivity index (χ3v) is 4.99. The number of amides is 1. The van der Waals surface area contributed by atoms with Crippen LogP contribution in [0.25, 0.3) is 0 Å². The first-order chi connectivity index (χ1) is 11.1. The van der Waals surface area contributed by atoms with Crippen molar-refractivity contribution in [2.24, 2.45) is 0 Å². The maximum absolute atomic E-state index is 12.6. The molecule has 1 heterocycles. The number of piperazine rings is 1. The molecule has 120 valence electrons. The van der Waals surface area contributed by atoms with E-state index in [1.54, 1.807) is 0 Å². The van der Waals surface area contributed by atoms with Gasteiger partial charge in [-0.05, 0) is 45.8 Å². The van der Waals surface area contributed by atoms with E-state index in [-0.39, 0.29) is 5.91 Å². The van der Waals surface area contributed by atoms with Crippen LogP contribution in [0.4, 0.5) is 0 Å². The highest BCUT2D eigenvalue weighted by Gasteiger charge is 2.23. The first-order valence-corrected chi connectivity index (χ1v) is 8.81. The Hall–Kier alpha value is -1.36. The summed E-state index contributed by atoms with van der Waals surface area (Å²) in [6.07, 6.45) is 0. The second kappa shape index (κ2) is 7.47. The molecular weight excluding hydrogens is 376 g/mol. The molecule has 1 saturated heterocycles. The molecule has 0 aromatic heterocycles. The van der Waals surface area contributed by atoms with Gasteiger partial charge in [0.05, 0.1) is 5.56 Å². The number of carbonyl (C=O) groups excluding carboxylic acids is 1. The highest BCUT2D eigenvalue weighted by Crippen LogP contribution is 2.19. The molecule has 2 aromatic carbocycles. The molecule has 23 heavy (non-hydrogen) atoms. The summed E-state index contributed by atoms with van der Waals surface area (Å²) in [5.74, 6) is 0.0971. The summed E-state index contributed by atoms with van der Waals surface area (Å²) < 4.78 is 0.853. The van der Waals surface area contributed by atoms with Gasteiger partial charge in [0, 0.05) is 42.2 Å². The van der Waals surface area contributed by atoms with Gasteiger partial charge in [0.2, 0.25) is 0 Å². The lowest BCUT2D eigenvalue weighted by Gasteiger charge is -2.35. The first kappa shape index (κ1) is 16.5. The van der Waals surface area contributed by atoms with E-state index in [1.807, 2.05) is 47.4 Å². The smallest absolute Gasteiger partial charge is 0.255 e. The largest absolute Gasteiger partial charge is 0.336 e. The predicted molar refractivity (Wildman–Crippen MR) is 96.8 cm³/mol. The van der Waals surface area contributed by atoms with Crippen molar-refractivity contribution >= 4 is 33.4 Å². The van der Waals surface area contributed by atoms with Gasteiger partial charge in [-0.15, -0.1) is 0 Å². The lowest BCUT2D eigenvalue weighted by atomic mass is 10.1. The molecule has 2 aromatic rings. The van der Waals surface area contributed by atoms with E-state index in [4.69, 9.17) is 11.6 Å². The standard InChI is InChI=1S/C18H18BrClN2O/c19-17-7-2-1-6-16(17)18(23)22-10-8-21(9-11-22)13-14-4-3-5-15(20)12-14/h1-7,12H,8-11,13H2. The van der Waals surface area contributed by atoms with Crippen molar-refractivity contribution in [3.8, 4) is 0 Å². The number of hydrogen-bond donors (Lipinski definition) is 0. The van der Waals surface area contributed by atoms with Gasteiger partial charge in [-0.3, -0.25) is 9.69 Å². The van der Waals surface area contributed by atoms with Crippen LogP contribution in [0.1, 0.15) is 15.9 Å².